The molecule has 1 saturated heterocycles. The van der Waals surface area contributed by atoms with Crippen LogP contribution >= 0.6 is 0 Å². The van der Waals surface area contributed by atoms with Gasteiger partial charge in [0, 0.05) is 30.2 Å². The summed E-state index contributed by atoms with van der Waals surface area (Å²) < 4.78 is 11.2. The normalized spacial score (nSPS) is 16.6. The molecule has 1 aliphatic rings. The molecule has 3 aromatic rings. The standard InChI is InChI=1S/C28H27N7O11/c1-15(22(36)11-23(37)45-14-17-3-7-20(8-4-17)34(41)42)25-24(26(38)30-25)16(2)33-13-19(31-32-33)12-29-28(40)46-27(39)18-5-9-21(10-6-18)35(43)44/h3-10,13,15-16,24-25H,11-12,14H2,1-2H3,(H,29,40)(H,30,38). The van der Waals surface area contributed by atoms with Gasteiger partial charge in [-0.1, -0.05) is 12.1 Å². The van der Waals surface area contributed by atoms with Crippen molar-refractivity contribution in [3.63, 3.8) is 0 Å². The first-order chi connectivity index (χ1) is 21.8. The lowest BCUT2D eigenvalue weighted by Gasteiger charge is -2.42. The maximum absolute atomic E-state index is 12.8. The molecular formula is C28H27N7O11. The summed E-state index contributed by atoms with van der Waals surface area (Å²) in [6.45, 7) is 2.91. The minimum atomic E-state index is -1.09. The zero-order valence-corrected chi connectivity index (χ0v) is 24.4. The molecule has 0 bridgehead atoms. The van der Waals surface area contributed by atoms with E-state index in [-0.39, 0.29) is 41.7 Å². The topological polar surface area (TPSA) is 245 Å². The fraction of sp³-hybridized carbons (Fsp3) is 0.321. The summed E-state index contributed by atoms with van der Waals surface area (Å²) in [7, 11) is 0. The Morgan fingerprint density at radius 3 is 2.20 bits per heavy atom. The Morgan fingerprint density at radius 1 is 1.00 bits per heavy atom. The maximum Gasteiger partial charge on any atom is 0.415 e. The zero-order valence-electron chi connectivity index (χ0n) is 24.4. The number of esters is 2. The Hall–Kier alpha value is -6.07. The van der Waals surface area contributed by atoms with E-state index in [1.807, 2.05) is 0 Å². The lowest BCUT2D eigenvalue weighted by Crippen LogP contribution is -2.64. The average molecular weight is 638 g/mol. The quantitative estimate of drug-likeness (QED) is 0.0898. The molecule has 0 radical (unpaired) electrons. The molecule has 18 nitrogen and oxygen atoms in total. The number of hydrogen-bond acceptors (Lipinski definition) is 13. The highest BCUT2D eigenvalue weighted by atomic mass is 16.6. The van der Waals surface area contributed by atoms with Crippen molar-refractivity contribution in [3.05, 3.63) is 91.8 Å². The number of nitrogens with one attached hydrogen (secondary N) is 2. The molecule has 4 unspecified atom stereocenters. The summed E-state index contributed by atoms with van der Waals surface area (Å²) in [6, 6.07) is 8.73. The number of aromatic nitrogens is 3. The zero-order chi connectivity index (χ0) is 33.5. The van der Waals surface area contributed by atoms with Crippen molar-refractivity contribution in [3.8, 4) is 0 Å². The highest BCUT2D eigenvalue weighted by Crippen LogP contribution is 2.32. The van der Waals surface area contributed by atoms with E-state index in [0.29, 0.717) is 5.56 Å². The van der Waals surface area contributed by atoms with E-state index in [4.69, 9.17) is 4.74 Å². The van der Waals surface area contributed by atoms with Crippen LogP contribution in [0.5, 0.6) is 0 Å². The Bertz CT molecular complexity index is 1670. The number of nitrogens with zero attached hydrogens (tertiary/aromatic N) is 5. The van der Waals surface area contributed by atoms with Crippen molar-refractivity contribution in [2.24, 2.45) is 11.8 Å². The molecule has 0 saturated carbocycles. The minimum Gasteiger partial charge on any atom is -0.460 e. The van der Waals surface area contributed by atoms with Crippen LogP contribution in [0.25, 0.3) is 0 Å². The smallest absolute Gasteiger partial charge is 0.415 e. The number of rotatable bonds is 13. The third kappa shape index (κ3) is 7.90. The van der Waals surface area contributed by atoms with Crippen LogP contribution in [-0.2, 0) is 37.0 Å². The van der Waals surface area contributed by atoms with Gasteiger partial charge in [0.2, 0.25) is 5.91 Å². The second-order valence-corrected chi connectivity index (χ2v) is 10.3. The van der Waals surface area contributed by atoms with Crippen LogP contribution in [0.4, 0.5) is 16.2 Å². The van der Waals surface area contributed by atoms with Crippen LogP contribution in [0.1, 0.15) is 47.9 Å². The molecular weight excluding hydrogens is 610 g/mol. The SMILES string of the molecule is CC(C(=O)CC(=O)OCc1ccc([N+](=O)[O-])cc1)C1NC(=O)C1C(C)n1cc(CNC(=O)OC(=O)c2ccc([N+](=O)[O-])cc2)nn1. The molecule has 1 fully saturated rings. The number of Topliss-reactive ketones (excluding diaryl/α,β-unsaturated/α-hetero) is 1. The van der Waals surface area contributed by atoms with Crippen LogP contribution in [0.3, 0.4) is 0 Å². The monoisotopic (exact) mass is 637 g/mol. The van der Waals surface area contributed by atoms with Gasteiger partial charge in [-0.05, 0) is 36.8 Å². The predicted molar refractivity (Wildman–Crippen MR) is 153 cm³/mol. The van der Waals surface area contributed by atoms with E-state index in [1.165, 1.54) is 35.1 Å². The lowest BCUT2D eigenvalue weighted by atomic mass is 9.76. The molecule has 1 aromatic heterocycles. The summed E-state index contributed by atoms with van der Waals surface area (Å²) in [4.78, 5) is 82.0. The molecule has 0 spiro atoms. The fourth-order valence-corrected chi connectivity index (χ4v) is 4.62. The number of hydrogen-bond donors (Lipinski definition) is 2. The van der Waals surface area contributed by atoms with Crippen LogP contribution in [-0.4, -0.2) is 60.6 Å². The first kappa shape index (κ1) is 32.8. The molecule has 2 aromatic carbocycles. The van der Waals surface area contributed by atoms with Crippen molar-refractivity contribution in [2.75, 3.05) is 0 Å². The summed E-state index contributed by atoms with van der Waals surface area (Å²) in [5, 5.41) is 34.5. The number of carbonyl (C=O) groups is 5. The van der Waals surface area contributed by atoms with E-state index in [0.717, 1.165) is 24.3 Å². The Labute approximate surface area is 259 Å². The Morgan fingerprint density at radius 2 is 1.61 bits per heavy atom. The van der Waals surface area contributed by atoms with Gasteiger partial charge in [-0.15, -0.1) is 5.10 Å². The Kier molecular flexibility index (Phi) is 10.1. The third-order valence-corrected chi connectivity index (χ3v) is 7.32. The molecule has 46 heavy (non-hydrogen) atoms. The van der Waals surface area contributed by atoms with Crippen LogP contribution in [0.2, 0.25) is 0 Å². The van der Waals surface area contributed by atoms with Crippen molar-refractivity contribution in [1.29, 1.82) is 0 Å². The second-order valence-electron chi connectivity index (χ2n) is 10.3. The van der Waals surface area contributed by atoms with Crippen LogP contribution in [0, 0.1) is 32.1 Å². The van der Waals surface area contributed by atoms with Crippen molar-refractivity contribution >= 4 is 41.1 Å². The van der Waals surface area contributed by atoms with Gasteiger partial charge in [0.1, 0.15) is 24.5 Å². The summed E-state index contributed by atoms with van der Waals surface area (Å²) in [6.07, 6.45) is -0.167. The number of β-lactam (4-membered cyclic amide) rings is 1. The molecule has 2 amide bonds. The third-order valence-electron chi connectivity index (χ3n) is 7.32. The van der Waals surface area contributed by atoms with E-state index < -0.39 is 64.0 Å². The van der Waals surface area contributed by atoms with E-state index in [1.54, 1.807) is 13.8 Å². The number of ether oxygens (including phenoxy) is 2. The number of benzene rings is 2. The van der Waals surface area contributed by atoms with Gasteiger partial charge >= 0.3 is 18.0 Å². The molecule has 18 heteroatoms. The molecule has 0 aliphatic carbocycles. The number of non-ortho nitro benzene ring substituents is 2. The fourth-order valence-electron chi connectivity index (χ4n) is 4.62. The number of nitro groups is 2. The second kappa shape index (κ2) is 14.1. The van der Waals surface area contributed by atoms with Crippen molar-refractivity contribution < 1.29 is 43.3 Å². The highest BCUT2D eigenvalue weighted by molar-refractivity contribution is 5.99. The molecule has 2 heterocycles. The molecule has 240 valence electrons. The number of ketones is 1. The lowest BCUT2D eigenvalue weighted by molar-refractivity contribution is -0.385. The minimum absolute atomic E-state index is 0.0688. The summed E-state index contributed by atoms with van der Waals surface area (Å²) in [5.74, 6) is -4.03. The maximum atomic E-state index is 12.8. The highest BCUT2D eigenvalue weighted by Gasteiger charge is 2.48. The van der Waals surface area contributed by atoms with Crippen LogP contribution < -0.4 is 10.6 Å². The predicted octanol–water partition coefficient (Wildman–Crippen LogP) is 2.18. The van der Waals surface area contributed by atoms with E-state index in [9.17, 15) is 44.2 Å². The van der Waals surface area contributed by atoms with Gasteiger partial charge in [-0.25, -0.2) is 14.3 Å². The summed E-state index contributed by atoms with van der Waals surface area (Å²) >= 11 is 0. The van der Waals surface area contributed by atoms with Gasteiger partial charge in [0.05, 0.1) is 46.2 Å². The number of alkyl carbamates (subject to hydrolysis) is 1. The van der Waals surface area contributed by atoms with Gasteiger partial charge in [-0.3, -0.25) is 34.6 Å². The van der Waals surface area contributed by atoms with E-state index in [2.05, 4.69) is 25.7 Å². The summed E-state index contributed by atoms with van der Waals surface area (Å²) in [5.41, 5.74) is 0.363. The molecule has 4 atom stereocenters. The van der Waals surface area contributed by atoms with E-state index >= 15 is 0 Å². The first-order valence-electron chi connectivity index (χ1n) is 13.7. The van der Waals surface area contributed by atoms with Gasteiger partial charge in [-0.2, -0.15) is 0 Å². The van der Waals surface area contributed by atoms with Crippen LogP contribution in [0.15, 0.2) is 54.7 Å². The number of carbonyl (C=O) groups excluding carboxylic acids is 5. The number of nitro benzene ring substituents is 2. The molecule has 1 aliphatic heterocycles. The van der Waals surface area contributed by atoms with Gasteiger partial charge in [0.25, 0.3) is 11.4 Å². The first-order valence-corrected chi connectivity index (χ1v) is 13.7. The molecule has 2 N–H and O–H groups in total. The Balaban J connectivity index is 1.25. The van der Waals surface area contributed by atoms with Gasteiger partial charge < -0.3 is 20.1 Å². The molecule has 4 rings (SSSR count). The van der Waals surface area contributed by atoms with Crippen molar-refractivity contribution in [2.45, 2.75) is 45.5 Å². The van der Waals surface area contributed by atoms with Gasteiger partial charge in [0.15, 0.2) is 0 Å². The number of amides is 2. The van der Waals surface area contributed by atoms with Crippen molar-refractivity contribution in [1.82, 2.24) is 25.6 Å². The average Bonchev–Trinajstić information content (AvgIpc) is 3.50. The largest absolute Gasteiger partial charge is 0.460 e.